The Morgan fingerprint density at radius 3 is 3.04 bits per heavy atom. The summed E-state index contributed by atoms with van der Waals surface area (Å²) in [6, 6.07) is 7.75. The average Bonchev–Trinajstić information content (AvgIpc) is 3.16. The topological polar surface area (TPSA) is 42.4 Å². The zero-order chi connectivity index (χ0) is 15.7. The number of carbonyl (C=O) groups is 1. The average molecular weight is 346 g/mol. The molecular weight excluding hydrogens is 328 g/mol. The van der Waals surface area contributed by atoms with Gasteiger partial charge in [0.25, 0.3) is 0 Å². The molecule has 4 heterocycles. The van der Waals surface area contributed by atoms with E-state index in [1.54, 1.807) is 17.5 Å². The van der Waals surface area contributed by atoms with Crippen LogP contribution in [0, 0.1) is 0 Å². The highest BCUT2D eigenvalue weighted by Gasteiger charge is 2.51. The normalized spacial score (nSPS) is 22.1. The van der Waals surface area contributed by atoms with Crippen LogP contribution >= 0.6 is 23.1 Å². The molecule has 2 aromatic heterocycles. The van der Waals surface area contributed by atoms with Crippen LogP contribution in [0.1, 0.15) is 12.0 Å². The molecule has 1 amide bonds. The Morgan fingerprint density at radius 2 is 2.30 bits per heavy atom. The Morgan fingerprint density at radius 1 is 1.39 bits per heavy atom. The van der Waals surface area contributed by atoms with Crippen molar-refractivity contribution in [2.24, 2.45) is 0 Å². The summed E-state index contributed by atoms with van der Waals surface area (Å²) in [6.45, 7) is 1.70. The van der Waals surface area contributed by atoms with Crippen molar-refractivity contribution < 1.29 is 9.53 Å². The summed E-state index contributed by atoms with van der Waals surface area (Å²) >= 11 is 3.58. The molecular formula is C17H18N2O2S2. The third-order valence-corrected chi connectivity index (χ3v) is 6.65. The predicted octanol–water partition coefficient (Wildman–Crippen LogP) is 2.85. The molecule has 1 spiro atoms. The van der Waals surface area contributed by atoms with Gasteiger partial charge >= 0.3 is 0 Å². The minimum Gasteiger partial charge on any atom is -0.473 e. The van der Waals surface area contributed by atoms with Crippen molar-refractivity contribution in [3.63, 3.8) is 0 Å². The molecule has 6 heteroatoms. The third kappa shape index (κ3) is 3.23. The van der Waals surface area contributed by atoms with Crippen LogP contribution in [0.25, 0.3) is 0 Å². The van der Waals surface area contributed by atoms with Gasteiger partial charge in [0.05, 0.1) is 11.2 Å². The van der Waals surface area contributed by atoms with E-state index in [2.05, 4.69) is 10.4 Å². The number of hydrogen-bond donors (Lipinski definition) is 0. The number of ether oxygens (including phenoxy) is 1. The summed E-state index contributed by atoms with van der Waals surface area (Å²) < 4.78 is 6.15. The molecule has 2 aliphatic rings. The first-order valence-corrected chi connectivity index (χ1v) is 9.66. The minimum absolute atomic E-state index is 0.198. The summed E-state index contributed by atoms with van der Waals surface area (Å²) in [5.41, 5.74) is 1.12. The van der Waals surface area contributed by atoms with Gasteiger partial charge in [0.15, 0.2) is 0 Å². The van der Waals surface area contributed by atoms with E-state index >= 15 is 0 Å². The van der Waals surface area contributed by atoms with Gasteiger partial charge in [-0.1, -0.05) is 6.07 Å². The van der Waals surface area contributed by atoms with E-state index in [9.17, 15) is 4.79 Å². The van der Waals surface area contributed by atoms with Crippen molar-refractivity contribution in [3.05, 3.63) is 46.8 Å². The maximum absolute atomic E-state index is 12.3. The van der Waals surface area contributed by atoms with Gasteiger partial charge in [-0.25, -0.2) is 4.98 Å². The first-order valence-electron chi connectivity index (χ1n) is 7.73. The molecule has 120 valence electrons. The zero-order valence-electron chi connectivity index (χ0n) is 12.7. The summed E-state index contributed by atoms with van der Waals surface area (Å²) in [4.78, 5) is 18.5. The Bertz CT molecular complexity index is 669. The van der Waals surface area contributed by atoms with Crippen molar-refractivity contribution >= 4 is 29.0 Å². The SMILES string of the molecule is O=C(Cc1ccsc1)N1CC2(C[C@H](Oc3ccccn3)CS2)C1. The van der Waals surface area contributed by atoms with Crippen molar-refractivity contribution in [3.8, 4) is 5.88 Å². The molecule has 0 saturated carbocycles. The second-order valence-corrected chi connectivity index (χ2v) is 8.43. The fourth-order valence-corrected chi connectivity index (χ4v) is 5.38. The van der Waals surface area contributed by atoms with Crippen molar-refractivity contribution in [2.45, 2.75) is 23.7 Å². The monoisotopic (exact) mass is 346 g/mol. The lowest BCUT2D eigenvalue weighted by molar-refractivity contribution is -0.135. The van der Waals surface area contributed by atoms with Crippen LogP contribution in [0.15, 0.2) is 41.2 Å². The van der Waals surface area contributed by atoms with E-state index < -0.39 is 0 Å². The maximum Gasteiger partial charge on any atom is 0.227 e. The van der Waals surface area contributed by atoms with Gasteiger partial charge in [-0.15, -0.1) is 11.8 Å². The molecule has 4 nitrogen and oxygen atoms in total. The van der Waals surface area contributed by atoms with Gasteiger partial charge in [0.1, 0.15) is 6.10 Å². The highest BCUT2D eigenvalue weighted by atomic mass is 32.2. The number of nitrogens with zero attached hydrogens (tertiary/aromatic N) is 2. The molecule has 0 bridgehead atoms. The standard InChI is InChI=1S/C17H18N2O2S2/c20-16(7-13-4-6-22-9-13)19-11-17(12-19)8-14(10-23-17)21-15-3-1-2-5-18-15/h1-6,9,14H,7-8,10-12H2/t14-/m0/s1. The number of aromatic nitrogens is 1. The van der Waals surface area contributed by atoms with Gasteiger partial charge in [-0.05, 0) is 28.5 Å². The van der Waals surface area contributed by atoms with Gasteiger partial charge in [0, 0.05) is 37.5 Å². The number of carbonyl (C=O) groups excluding carboxylic acids is 1. The molecule has 0 radical (unpaired) electrons. The molecule has 0 N–H and O–H groups in total. The van der Waals surface area contributed by atoms with Crippen molar-refractivity contribution in [2.75, 3.05) is 18.8 Å². The number of thioether (sulfide) groups is 1. The summed E-state index contributed by atoms with van der Waals surface area (Å²) in [5, 5.41) is 4.07. The lowest BCUT2D eigenvalue weighted by Gasteiger charge is -2.47. The van der Waals surface area contributed by atoms with E-state index in [0.717, 1.165) is 30.8 Å². The minimum atomic E-state index is 0.198. The van der Waals surface area contributed by atoms with Gasteiger partial charge in [-0.3, -0.25) is 4.79 Å². The number of thiophene rings is 1. The molecule has 2 saturated heterocycles. The molecule has 0 aromatic carbocycles. The first kappa shape index (κ1) is 15.0. The zero-order valence-corrected chi connectivity index (χ0v) is 14.3. The molecule has 2 fully saturated rings. The van der Waals surface area contributed by atoms with Crippen molar-refractivity contribution in [1.29, 1.82) is 0 Å². The second kappa shape index (κ2) is 6.17. The number of pyridine rings is 1. The fraction of sp³-hybridized carbons (Fsp3) is 0.412. The lowest BCUT2D eigenvalue weighted by atomic mass is 9.92. The van der Waals surface area contributed by atoms with E-state index in [0.29, 0.717) is 12.3 Å². The molecule has 2 aliphatic heterocycles. The van der Waals surface area contributed by atoms with Crippen LogP contribution in [0.2, 0.25) is 0 Å². The smallest absolute Gasteiger partial charge is 0.227 e. The Labute approximate surface area is 143 Å². The maximum atomic E-state index is 12.3. The molecule has 2 aromatic rings. The number of rotatable bonds is 4. The predicted molar refractivity (Wildman–Crippen MR) is 93.1 cm³/mol. The summed E-state index contributed by atoms with van der Waals surface area (Å²) in [7, 11) is 0. The van der Waals surface area contributed by atoms with E-state index in [1.165, 1.54) is 0 Å². The van der Waals surface area contributed by atoms with E-state index in [4.69, 9.17) is 4.74 Å². The molecule has 1 atom stereocenters. The fourth-order valence-electron chi connectivity index (χ4n) is 3.19. The lowest BCUT2D eigenvalue weighted by Crippen LogP contribution is -2.61. The molecule has 0 unspecified atom stereocenters. The number of hydrogen-bond acceptors (Lipinski definition) is 5. The van der Waals surface area contributed by atoms with Crippen LogP contribution in [-0.4, -0.2) is 45.5 Å². The van der Waals surface area contributed by atoms with Crippen LogP contribution in [0.5, 0.6) is 5.88 Å². The largest absolute Gasteiger partial charge is 0.473 e. The molecule has 4 rings (SSSR count). The van der Waals surface area contributed by atoms with E-state index in [-0.39, 0.29) is 16.8 Å². The highest BCUT2D eigenvalue weighted by Crippen LogP contribution is 2.46. The highest BCUT2D eigenvalue weighted by molar-refractivity contribution is 8.01. The number of amides is 1. The van der Waals surface area contributed by atoms with Crippen molar-refractivity contribution in [1.82, 2.24) is 9.88 Å². The molecule has 0 aliphatic carbocycles. The molecule has 23 heavy (non-hydrogen) atoms. The Kier molecular flexibility index (Phi) is 4.03. The van der Waals surface area contributed by atoms with Gasteiger partial charge in [-0.2, -0.15) is 11.3 Å². The first-order chi connectivity index (χ1) is 11.2. The van der Waals surface area contributed by atoms with Gasteiger partial charge in [0.2, 0.25) is 11.8 Å². The third-order valence-electron chi connectivity index (χ3n) is 4.35. The van der Waals surface area contributed by atoms with Crippen LogP contribution in [0.4, 0.5) is 0 Å². The van der Waals surface area contributed by atoms with Crippen LogP contribution < -0.4 is 4.74 Å². The summed E-state index contributed by atoms with van der Waals surface area (Å²) in [5.74, 6) is 1.91. The quantitative estimate of drug-likeness (QED) is 0.854. The van der Waals surface area contributed by atoms with Gasteiger partial charge < -0.3 is 9.64 Å². The second-order valence-electron chi connectivity index (χ2n) is 6.16. The van der Waals surface area contributed by atoms with E-state index in [1.807, 2.05) is 46.3 Å². The Balaban J connectivity index is 1.28. The summed E-state index contributed by atoms with van der Waals surface area (Å²) in [6.07, 6.45) is 3.47. The Hall–Kier alpha value is -1.53. The van der Waals surface area contributed by atoms with Crippen LogP contribution in [0.3, 0.4) is 0 Å². The number of likely N-dealkylation sites (tertiary alicyclic amines) is 1. The van der Waals surface area contributed by atoms with Crippen LogP contribution in [-0.2, 0) is 11.2 Å².